The highest BCUT2D eigenvalue weighted by molar-refractivity contribution is 5.92. The van der Waals surface area contributed by atoms with Gasteiger partial charge in [0, 0.05) is 30.8 Å². The van der Waals surface area contributed by atoms with Crippen molar-refractivity contribution >= 4 is 17.4 Å². The molecule has 6 heteroatoms. The number of aromatic nitrogens is 2. The molecule has 0 unspecified atom stereocenters. The Morgan fingerprint density at radius 3 is 2.59 bits per heavy atom. The summed E-state index contributed by atoms with van der Waals surface area (Å²) in [6.45, 7) is 3.56. The number of aryl methyl sites for hydroxylation is 1. The fourth-order valence-corrected chi connectivity index (χ4v) is 3.51. The van der Waals surface area contributed by atoms with Crippen LogP contribution < -0.4 is 15.0 Å². The molecule has 4 rings (SSSR count). The second kappa shape index (κ2) is 8.73. The molecule has 1 aromatic heterocycles. The molecule has 1 fully saturated rings. The Morgan fingerprint density at radius 2 is 1.83 bits per heavy atom. The monoisotopic (exact) mass is 388 g/mol. The maximum Gasteiger partial charge on any atom is 0.227 e. The molecule has 2 heterocycles. The molecule has 1 saturated heterocycles. The number of benzene rings is 2. The number of carbonyl (C=O) groups excluding carboxylic acids is 1. The van der Waals surface area contributed by atoms with Gasteiger partial charge in [0.15, 0.2) is 0 Å². The van der Waals surface area contributed by atoms with Crippen LogP contribution in [0.4, 0.5) is 11.5 Å². The van der Waals surface area contributed by atoms with Crippen molar-refractivity contribution in [1.82, 2.24) is 9.97 Å². The molecule has 0 spiro atoms. The number of nitrogens with one attached hydrogen (secondary N) is 1. The first kappa shape index (κ1) is 18.9. The number of rotatable bonds is 5. The van der Waals surface area contributed by atoms with Gasteiger partial charge in [-0.05, 0) is 49.6 Å². The molecule has 0 atom stereocenters. The Kier molecular flexibility index (Phi) is 5.70. The predicted molar refractivity (Wildman–Crippen MR) is 113 cm³/mol. The third-order valence-corrected chi connectivity index (χ3v) is 5.07. The van der Waals surface area contributed by atoms with E-state index in [1.807, 2.05) is 67.6 Å². The van der Waals surface area contributed by atoms with Gasteiger partial charge in [-0.3, -0.25) is 4.79 Å². The van der Waals surface area contributed by atoms with E-state index in [1.165, 1.54) is 6.33 Å². The van der Waals surface area contributed by atoms with Gasteiger partial charge < -0.3 is 15.0 Å². The second-order valence-corrected chi connectivity index (χ2v) is 7.25. The van der Waals surface area contributed by atoms with Crippen molar-refractivity contribution < 1.29 is 9.53 Å². The lowest BCUT2D eigenvalue weighted by Crippen LogP contribution is -2.38. The highest BCUT2D eigenvalue weighted by atomic mass is 16.5. The van der Waals surface area contributed by atoms with E-state index in [1.54, 1.807) is 0 Å². The lowest BCUT2D eigenvalue weighted by atomic mass is 9.95. The number of ether oxygens (including phenoxy) is 1. The molecule has 6 nitrogen and oxygen atoms in total. The molecule has 0 aliphatic carbocycles. The average molecular weight is 388 g/mol. The molecule has 148 valence electrons. The zero-order valence-corrected chi connectivity index (χ0v) is 16.4. The van der Waals surface area contributed by atoms with Gasteiger partial charge in [-0.2, -0.15) is 0 Å². The summed E-state index contributed by atoms with van der Waals surface area (Å²) >= 11 is 0. The number of amides is 1. The summed E-state index contributed by atoms with van der Waals surface area (Å²) in [6, 6.07) is 19.3. The van der Waals surface area contributed by atoms with Gasteiger partial charge in [-0.15, -0.1) is 0 Å². The van der Waals surface area contributed by atoms with Crippen molar-refractivity contribution in [2.24, 2.45) is 5.92 Å². The zero-order valence-electron chi connectivity index (χ0n) is 16.4. The van der Waals surface area contributed by atoms with E-state index in [2.05, 4.69) is 20.2 Å². The number of hydrogen-bond donors (Lipinski definition) is 1. The SMILES string of the molecule is Cc1cccc(NC(=O)C2CCN(c3cc(Oc4ccccc4)ncn3)CC2)c1. The summed E-state index contributed by atoms with van der Waals surface area (Å²) in [5.41, 5.74) is 1.99. The highest BCUT2D eigenvalue weighted by Crippen LogP contribution is 2.26. The van der Waals surface area contributed by atoms with Gasteiger partial charge in [0.05, 0.1) is 0 Å². The van der Waals surface area contributed by atoms with Crippen molar-refractivity contribution in [3.05, 3.63) is 72.6 Å². The Morgan fingerprint density at radius 1 is 1.03 bits per heavy atom. The van der Waals surface area contributed by atoms with Crippen molar-refractivity contribution in [2.45, 2.75) is 19.8 Å². The van der Waals surface area contributed by atoms with E-state index in [-0.39, 0.29) is 11.8 Å². The number of para-hydroxylation sites is 1. The predicted octanol–water partition coefficient (Wildman–Crippen LogP) is 4.43. The quantitative estimate of drug-likeness (QED) is 0.700. The van der Waals surface area contributed by atoms with E-state index >= 15 is 0 Å². The van der Waals surface area contributed by atoms with Crippen LogP contribution in [0.25, 0.3) is 0 Å². The molecule has 1 aliphatic heterocycles. The van der Waals surface area contributed by atoms with Gasteiger partial charge in [0.2, 0.25) is 11.8 Å². The molecule has 1 aliphatic rings. The molecular formula is C23H24N4O2. The first-order valence-electron chi connectivity index (χ1n) is 9.85. The minimum Gasteiger partial charge on any atom is -0.439 e. The topological polar surface area (TPSA) is 67.4 Å². The van der Waals surface area contributed by atoms with Crippen LogP contribution in [0.15, 0.2) is 67.0 Å². The minimum absolute atomic E-state index is 0.00800. The normalized spacial score (nSPS) is 14.4. The molecule has 3 aromatic rings. The highest BCUT2D eigenvalue weighted by Gasteiger charge is 2.26. The summed E-state index contributed by atoms with van der Waals surface area (Å²) in [4.78, 5) is 23.4. The van der Waals surface area contributed by atoms with E-state index < -0.39 is 0 Å². The van der Waals surface area contributed by atoms with Crippen molar-refractivity contribution in [1.29, 1.82) is 0 Å². The van der Waals surface area contributed by atoms with Crippen LogP contribution >= 0.6 is 0 Å². The molecular weight excluding hydrogens is 364 g/mol. The number of nitrogens with zero attached hydrogens (tertiary/aromatic N) is 3. The molecule has 0 saturated carbocycles. The van der Waals surface area contributed by atoms with Gasteiger partial charge in [-0.1, -0.05) is 30.3 Å². The summed E-state index contributed by atoms with van der Waals surface area (Å²) < 4.78 is 5.80. The molecule has 2 aromatic carbocycles. The number of carbonyl (C=O) groups is 1. The summed E-state index contributed by atoms with van der Waals surface area (Å²) in [5, 5.41) is 3.04. The Labute approximate surface area is 170 Å². The van der Waals surface area contributed by atoms with Crippen molar-refractivity contribution in [3.63, 3.8) is 0 Å². The fraction of sp³-hybridized carbons (Fsp3) is 0.261. The maximum atomic E-state index is 12.6. The van der Waals surface area contributed by atoms with E-state index in [4.69, 9.17) is 4.74 Å². The molecule has 0 bridgehead atoms. The number of anilines is 2. The first-order chi connectivity index (χ1) is 14.2. The third-order valence-electron chi connectivity index (χ3n) is 5.07. The van der Waals surface area contributed by atoms with E-state index in [0.717, 1.165) is 48.7 Å². The van der Waals surface area contributed by atoms with Crippen molar-refractivity contribution in [2.75, 3.05) is 23.3 Å². The lowest BCUT2D eigenvalue weighted by molar-refractivity contribution is -0.120. The van der Waals surface area contributed by atoms with Crippen LogP contribution in [-0.4, -0.2) is 29.0 Å². The second-order valence-electron chi connectivity index (χ2n) is 7.25. The van der Waals surface area contributed by atoms with Crippen LogP contribution in [0.2, 0.25) is 0 Å². The minimum atomic E-state index is 0.00800. The first-order valence-corrected chi connectivity index (χ1v) is 9.85. The molecule has 0 radical (unpaired) electrons. The van der Waals surface area contributed by atoms with Gasteiger partial charge in [0.1, 0.15) is 17.9 Å². The van der Waals surface area contributed by atoms with Crippen LogP contribution in [0, 0.1) is 12.8 Å². The van der Waals surface area contributed by atoms with Crippen LogP contribution in [0.3, 0.4) is 0 Å². The number of hydrogen-bond acceptors (Lipinski definition) is 5. The summed E-state index contributed by atoms with van der Waals surface area (Å²) in [5.74, 6) is 2.17. The maximum absolute atomic E-state index is 12.6. The fourth-order valence-electron chi connectivity index (χ4n) is 3.51. The van der Waals surface area contributed by atoms with E-state index in [9.17, 15) is 4.79 Å². The molecule has 1 amide bonds. The molecule has 1 N–H and O–H groups in total. The Hall–Kier alpha value is -3.41. The average Bonchev–Trinajstić information content (AvgIpc) is 2.75. The van der Waals surface area contributed by atoms with Crippen LogP contribution in [0.5, 0.6) is 11.6 Å². The number of piperidine rings is 1. The third kappa shape index (κ3) is 4.90. The summed E-state index contributed by atoms with van der Waals surface area (Å²) in [7, 11) is 0. The molecule has 29 heavy (non-hydrogen) atoms. The Bertz CT molecular complexity index is 969. The van der Waals surface area contributed by atoms with Gasteiger partial charge in [-0.25, -0.2) is 9.97 Å². The Balaban J connectivity index is 1.34. The van der Waals surface area contributed by atoms with Crippen molar-refractivity contribution in [3.8, 4) is 11.6 Å². The zero-order chi connectivity index (χ0) is 20.1. The van der Waals surface area contributed by atoms with E-state index in [0.29, 0.717) is 5.88 Å². The van der Waals surface area contributed by atoms with Crippen LogP contribution in [-0.2, 0) is 4.79 Å². The smallest absolute Gasteiger partial charge is 0.227 e. The van der Waals surface area contributed by atoms with Crippen LogP contribution in [0.1, 0.15) is 18.4 Å². The van der Waals surface area contributed by atoms with Gasteiger partial charge in [0.25, 0.3) is 0 Å². The van der Waals surface area contributed by atoms with Gasteiger partial charge >= 0.3 is 0 Å². The largest absolute Gasteiger partial charge is 0.439 e. The lowest BCUT2D eigenvalue weighted by Gasteiger charge is -2.32. The summed E-state index contributed by atoms with van der Waals surface area (Å²) in [6.07, 6.45) is 3.09. The standard InChI is InChI=1S/C23H24N4O2/c1-17-6-5-7-19(14-17)26-23(28)18-10-12-27(13-11-18)21-15-22(25-16-24-21)29-20-8-3-2-4-9-20/h2-9,14-16,18H,10-13H2,1H3,(H,26,28).